The number of halogens is 1. The number of benzene rings is 2. The normalized spacial score (nSPS) is 11.9. The van der Waals surface area contributed by atoms with Gasteiger partial charge in [-0.3, -0.25) is 5.43 Å². The summed E-state index contributed by atoms with van der Waals surface area (Å²) in [5.74, 6) is 0.570. The van der Waals surface area contributed by atoms with Crippen LogP contribution in [-0.4, -0.2) is 48.8 Å². The number of sulfonamides is 1. The van der Waals surface area contributed by atoms with Gasteiger partial charge in [0.05, 0.1) is 23.2 Å². The quantitative estimate of drug-likeness (QED) is 0.188. The summed E-state index contributed by atoms with van der Waals surface area (Å²) in [5.41, 5.74) is 5.20. The Balaban J connectivity index is 1.83. The number of aryl methyl sites for hydroxylation is 1. The molecule has 1 heterocycles. The average Bonchev–Trinajstić information content (AvgIpc) is 3.21. The number of hydrazone groups is 1. The second-order valence-electron chi connectivity index (χ2n) is 8.13. The maximum Gasteiger partial charge on any atom is 0.243 e. The van der Waals surface area contributed by atoms with Gasteiger partial charge in [0.15, 0.2) is 5.11 Å². The molecule has 2 aromatic carbocycles. The highest BCUT2D eigenvalue weighted by Crippen LogP contribution is 2.28. The van der Waals surface area contributed by atoms with Gasteiger partial charge in [0.2, 0.25) is 10.0 Å². The van der Waals surface area contributed by atoms with Crippen molar-refractivity contribution in [2.45, 2.75) is 45.1 Å². The van der Waals surface area contributed by atoms with E-state index in [0.29, 0.717) is 29.5 Å². The molecule has 0 fully saturated rings. The number of hydrogen-bond acceptors (Lipinski definition) is 5. The molecular formula is C25H32ClN5O3S2. The smallest absolute Gasteiger partial charge is 0.243 e. The van der Waals surface area contributed by atoms with E-state index in [9.17, 15) is 8.42 Å². The lowest BCUT2D eigenvalue weighted by molar-refractivity contribution is 0.410. The summed E-state index contributed by atoms with van der Waals surface area (Å²) in [4.78, 5) is 0.280. The molecule has 11 heteroatoms. The van der Waals surface area contributed by atoms with E-state index in [-0.39, 0.29) is 10.0 Å². The number of nitrogens with one attached hydrogen (secondary N) is 2. The summed E-state index contributed by atoms with van der Waals surface area (Å²) in [6, 6.07) is 10.5. The van der Waals surface area contributed by atoms with Crippen molar-refractivity contribution in [3.8, 4) is 5.75 Å². The molecule has 0 saturated carbocycles. The molecule has 2 N–H and O–H groups in total. The molecule has 3 aromatic rings. The van der Waals surface area contributed by atoms with E-state index in [1.54, 1.807) is 48.0 Å². The van der Waals surface area contributed by atoms with E-state index in [2.05, 4.69) is 20.4 Å². The predicted octanol–water partition coefficient (Wildman–Crippen LogP) is 5.45. The molecule has 0 saturated heterocycles. The molecule has 0 radical (unpaired) electrons. The number of nitrogens with zero attached hydrogens (tertiary/aromatic N) is 3. The second kappa shape index (κ2) is 12.5. The number of aromatic nitrogens is 1. The number of ether oxygens (including phenoxy) is 1. The molecule has 0 aliphatic rings. The minimum atomic E-state index is -3.59. The Kier molecular flexibility index (Phi) is 9.72. The monoisotopic (exact) mass is 549 g/mol. The van der Waals surface area contributed by atoms with Crippen molar-refractivity contribution in [2.75, 3.05) is 25.5 Å². The van der Waals surface area contributed by atoms with Gasteiger partial charge < -0.3 is 14.6 Å². The summed E-state index contributed by atoms with van der Waals surface area (Å²) in [7, 11) is -2.04. The molecule has 0 unspecified atom stereocenters. The van der Waals surface area contributed by atoms with Gasteiger partial charge in [-0.1, -0.05) is 25.4 Å². The van der Waals surface area contributed by atoms with Crippen LogP contribution in [0.15, 0.2) is 52.6 Å². The standard InChI is InChI=1S/C25H32ClN5O3S2/c1-5-12-31(13-6-2)36(32,33)20-9-10-23-21(15-20)18(17-30(23)7-3)16-27-29-25(35)28-19-8-11-24(34-4)22(26)14-19/h8-11,14-17H,5-7,12-13H2,1-4H3,(H2,28,29,35). The number of methoxy groups -OCH3 is 1. The van der Waals surface area contributed by atoms with Gasteiger partial charge >= 0.3 is 0 Å². The number of hydrogen-bond donors (Lipinski definition) is 2. The van der Waals surface area contributed by atoms with Crippen LogP contribution in [0.4, 0.5) is 5.69 Å². The van der Waals surface area contributed by atoms with Gasteiger partial charge in [-0.25, -0.2) is 8.42 Å². The van der Waals surface area contributed by atoms with Crippen LogP contribution in [-0.2, 0) is 16.6 Å². The van der Waals surface area contributed by atoms with Crippen molar-refractivity contribution in [1.82, 2.24) is 14.3 Å². The van der Waals surface area contributed by atoms with Crippen molar-refractivity contribution >= 4 is 61.8 Å². The largest absolute Gasteiger partial charge is 0.495 e. The zero-order valence-electron chi connectivity index (χ0n) is 20.9. The van der Waals surface area contributed by atoms with Crippen LogP contribution in [0, 0.1) is 0 Å². The van der Waals surface area contributed by atoms with Crippen molar-refractivity contribution in [3.63, 3.8) is 0 Å². The minimum Gasteiger partial charge on any atom is -0.495 e. The van der Waals surface area contributed by atoms with Gasteiger partial charge in [0, 0.05) is 48.0 Å². The first-order valence-corrected chi connectivity index (χ1v) is 14.0. The molecule has 194 valence electrons. The van der Waals surface area contributed by atoms with Crippen LogP contribution in [0.1, 0.15) is 39.2 Å². The topological polar surface area (TPSA) is 88.0 Å². The first kappa shape index (κ1) is 27.9. The molecule has 8 nitrogen and oxygen atoms in total. The Bertz CT molecular complexity index is 1350. The first-order valence-electron chi connectivity index (χ1n) is 11.8. The Morgan fingerprint density at radius 2 is 1.89 bits per heavy atom. The number of thiocarbonyl (C=S) groups is 1. The maximum atomic E-state index is 13.3. The van der Waals surface area contributed by atoms with Crippen LogP contribution >= 0.6 is 23.8 Å². The van der Waals surface area contributed by atoms with E-state index in [0.717, 1.165) is 35.9 Å². The molecule has 0 amide bonds. The Morgan fingerprint density at radius 1 is 1.17 bits per heavy atom. The summed E-state index contributed by atoms with van der Waals surface area (Å²) in [6.07, 6.45) is 5.10. The molecule has 1 aromatic heterocycles. The number of anilines is 1. The van der Waals surface area contributed by atoms with Gasteiger partial charge in [-0.05, 0) is 68.4 Å². The Hall–Kier alpha value is -2.66. The fraction of sp³-hybridized carbons (Fsp3) is 0.360. The Labute approximate surface area is 223 Å². The highest BCUT2D eigenvalue weighted by atomic mass is 35.5. The molecular weight excluding hydrogens is 518 g/mol. The zero-order chi connectivity index (χ0) is 26.3. The van der Waals surface area contributed by atoms with Gasteiger partial charge in [0.25, 0.3) is 0 Å². The maximum absolute atomic E-state index is 13.3. The minimum absolute atomic E-state index is 0.280. The van der Waals surface area contributed by atoms with Crippen molar-refractivity contribution in [2.24, 2.45) is 5.10 Å². The first-order chi connectivity index (χ1) is 17.2. The van der Waals surface area contributed by atoms with Crippen LogP contribution in [0.3, 0.4) is 0 Å². The highest BCUT2D eigenvalue weighted by Gasteiger charge is 2.24. The molecule has 0 aliphatic heterocycles. The lowest BCUT2D eigenvalue weighted by atomic mass is 10.2. The lowest BCUT2D eigenvalue weighted by Crippen LogP contribution is -2.32. The highest BCUT2D eigenvalue weighted by molar-refractivity contribution is 7.89. The van der Waals surface area contributed by atoms with Crippen LogP contribution in [0.5, 0.6) is 5.75 Å². The Morgan fingerprint density at radius 3 is 2.50 bits per heavy atom. The summed E-state index contributed by atoms with van der Waals surface area (Å²) in [5, 5.41) is 8.83. The van der Waals surface area contributed by atoms with Crippen molar-refractivity contribution < 1.29 is 13.2 Å². The molecule has 3 rings (SSSR count). The van der Waals surface area contributed by atoms with E-state index < -0.39 is 10.0 Å². The molecule has 0 spiro atoms. The van der Waals surface area contributed by atoms with E-state index >= 15 is 0 Å². The van der Waals surface area contributed by atoms with E-state index in [1.165, 1.54) is 0 Å². The SMILES string of the molecule is CCCN(CCC)S(=O)(=O)c1ccc2c(c1)c(C=NNC(=S)Nc1ccc(OC)c(Cl)c1)cn2CC. The molecule has 36 heavy (non-hydrogen) atoms. The lowest BCUT2D eigenvalue weighted by Gasteiger charge is -2.21. The average molecular weight is 550 g/mol. The van der Waals surface area contributed by atoms with Crippen molar-refractivity contribution in [1.29, 1.82) is 0 Å². The summed E-state index contributed by atoms with van der Waals surface area (Å²) < 4.78 is 35.4. The van der Waals surface area contributed by atoms with Gasteiger partial charge in [0.1, 0.15) is 5.75 Å². The molecule has 0 atom stereocenters. The van der Waals surface area contributed by atoms with E-state index in [4.69, 9.17) is 28.6 Å². The zero-order valence-corrected chi connectivity index (χ0v) is 23.3. The summed E-state index contributed by atoms with van der Waals surface area (Å²) >= 11 is 11.5. The molecule has 0 aliphatic carbocycles. The predicted molar refractivity (Wildman–Crippen MR) is 152 cm³/mol. The number of rotatable bonds is 11. The van der Waals surface area contributed by atoms with Crippen molar-refractivity contribution in [3.05, 3.63) is 53.2 Å². The fourth-order valence-corrected chi connectivity index (χ4v) is 5.97. The number of fused-ring (bicyclic) bond motifs is 1. The fourth-order valence-electron chi connectivity index (χ4n) is 3.89. The third-order valence-electron chi connectivity index (χ3n) is 5.59. The molecule has 0 bridgehead atoms. The van der Waals surface area contributed by atoms with Gasteiger partial charge in [-0.15, -0.1) is 0 Å². The van der Waals surface area contributed by atoms with Crippen LogP contribution < -0.4 is 15.5 Å². The third-order valence-corrected chi connectivity index (χ3v) is 7.97. The van der Waals surface area contributed by atoms with Crippen LogP contribution in [0.2, 0.25) is 5.02 Å². The summed E-state index contributed by atoms with van der Waals surface area (Å²) in [6.45, 7) is 7.71. The van der Waals surface area contributed by atoms with Crippen LogP contribution in [0.25, 0.3) is 10.9 Å². The van der Waals surface area contributed by atoms with E-state index in [1.807, 2.05) is 33.0 Å². The second-order valence-corrected chi connectivity index (χ2v) is 10.9. The van der Waals surface area contributed by atoms with Gasteiger partial charge in [-0.2, -0.15) is 9.41 Å². The third kappa shape index (κ3) is 6.36.